The van der Waals surface area contributed by atoms with E-state index in [4.69, 9.17) is 9.47 Å². The fourth-order valence-corrected chi connectivity index (χ4v) is 2.67. The van der Waals surface area contributed by atoms with Gasteiger partial charge in [0, 0.05) is 13.1 Å². The van der Waals surface area contributed by atoms with Crippen molar-refractivity contribution in [1.29, 1.82) is 0 Å². The highest BCUT2D eigenvalue weighted by Crippen LogP contribution is 2.28. The number of Topliss-reactive ketones (excluding diaryl/α,β-unsaturated/α-hetero) is 1. The molecule has 2 aromatic heterocycles. The number of hydrogen-bond donors (Lipinski definition) is 0. The summed E-state index contributed by atoms with van der Waals surface area (Å²) in [5, 5.41) is 0. The quantitative estimate of drug-likeness (QED) is 0.556. The van der Waals surface area contributed by atoms with Gasteiger partial charge in [0.1, 0.15) is 16.8 Å². The van der Waals surface area contributed by atoms with E-state index < -0.39 is 11.9 Å². The van der Waals surface area contributed by atoms with Crippen LogP contribution in [0.4, 0.5) is 0 Å². The van der Waals surface area contributed by atoms with Crippen molar-refractivity contribution in [3.05, 3.63) is 41.2 Å². The van der Waals surface area contributed by atoms with E-state index in [0.717, 1.165) is 0 Å². The van der Waals surface area contributed by atoms with Crippen molar-refractivity contribution in [1.82, 2.24) is 4.40 Å². The van der Waals surface area contributed by atoms with Gasteiger partial charge in [-0.25, -0.2) is 9.59 Å². The fourth-order valence-electron chi connectivity index (χ4n) is 2.67. The van der Waals surface area contributed by atoms with E-state index in [1.165, 1.54) is 6.92 Å². The Morgan fingerprint density at radius 1 is 0.857 bits per heavy atom. The summed E-state index contributed by atoms with van der Waals surface area (Å²) in [6.07, 6.45) is 1.65. The van der Waals surface area contributed by atoms with Crippen molar-refractivity contribution in [2.75, 3.05) is 13.2 Å². The van der Waals surface area contributed by atoms with E-state index in [1.54, 1.807) is 28.8 Å². The molecule has 0 fully saturated rings. The second kappa shape index (κ2) is 7.78. The fraction of sp³-hybridized carbons (Fsp3) is 0.500. The van der Waals surface area contributed by atoms with E-state index in [1.807, 2.05) is 41.5 Å². The van der Waals surface area contributed by atoms with Crippen molar-refractivity contribution < 1.29 is 23.9 Å². The van der Waals surface area contributed by atoms with Crippen LogP contribution < -0.4 is 0 Å². The summed E-state index contributed by atoms with van der Waals surface area (Å²) in [5.41, 5.74) is 0.0990. The molecule has 0 unspecified atom stereocenters. The number of ether oxygens (including phenoxy) is 2. The average molecular weight is 387 g/mol. The van der Waals surface area contributed by atoms with Crippen LogP contribution in [0.3, 0.4) is 0 Å². The molecule has 6 heteroatoms. The number of esters is 2. The minimum Gasteiger partial charge on any atom is -0.461 e. The van der Waals surface area contributed by atoms with Gasteiger partial charge in [-0.3, -0.25) is 4.79 Å². The number of ketones is 1. The van der Waals surface area contributed by atoms with Crippen molar-refractivity contribution in [3.8, 4) is 0 Å². The Hall–Kier alpha value is -2.63. The van der Waals surface area contributed by atoms with Crippen molar-refractivity contribution in [3.63, 3.8) is 0 Å². The van der Waals surface area contributed by atoms with Gasteiger partial charge in [0.2, 0.25) is 0 Å². The number of carbonyl (C=O) groups is 3. The van der Waals surface area contributed by atoms with Crippen LogP contribution in [0, 0.1) is 10.8 Å². The van der Waals surface area contributed by atoms with Crippen LogP contribution in [0.2, 0.25) is 0 Å². The number of pyridine rings is 1. The molecular weight excluding hydrogens is 358 g/mol. The van der Waals surface area contributed by atoms with E-state index >= 15 is 0 Å². The number of aromatic nitrogens is 1. The van der Waals surface area contributed by atoms with Crippen molar-refractivity contribution in [2.45, 2.75) is 48.5 Å². The Morgan fingerprint density at radius 2 is 1.36 bits per heavy atom. The Morgan fingerprint density at radius 3 is 1.82 bits per heavy atom. The third-order valence-corrected chi connectivity index (χ3v) is 3.86. The molecule has 0 aliphatic carbocycles. The summed E-state index contributed by atoms with van der Waals surface area (Å²) < 4.78 is 12.4. The smallest absolute Gasteiger partial charge is 0.341 e. The second-order valence-corrected chi connectivity index (χ2v) is 9.38. The second-order valence-electron chi connectivity index (χ2n) is 9.38. The molecule has 6 nitrogen and oxygen atoms in total. The van der Waals surface area contributed by atoms with Crippen LogP contribution in [0.5, 0.6) is 0 Å². The van der Waals surface area contributed by atoms with Gasteiger partial charge in [-0.1, -0.05) is 47.6 Å². The molecule has 0 bridgehead atoms. The first-order valence-corrected chi connectivity index (χ1v) is 9.30. The molecule has 0 N–H and O–H groups in total. The number of nitrogens with zero attached hydrogens (tertiary/aromatic N) is 1. The normalized spacial score (nSPS) is 12.1. The van der Waals surface area contributed by atoms with Gasteiger partial charge in [0.15, 0.2) is 5.78 Å². The third kappa shape index (κ3) is 5.00. The van der Waals surface area contributed by atoms with Gasteiger partial charge in [0.25, 0.3) is 0 Å². The molecule has 0 radical (unpaired) electrons. The van der Waals surface area contributed by atoms with E-state index in [0.29, 0.717) is 5.52 Å². The Labute approximate surface area is 165 Å². The van der Waals surface area contributed by atoms with Gasteiger partial charge in [0.05, 0.1) is 18.7 Å². The van der Waals surface area contributed by atoms with Gasteiger partial charge in [-0.15, -0.1) is 0 Å². The van der Waals surface area contributed by atoms with Crippen LogP contribution in [0.15, 0.2) is 24.4 Å². The lowest BCUT2D eigenvalue weighted by Gasteiger charge is -2.19. The maximum absolute atomic E-state index is 12.9. The van der Waals surface area contributed by atoms with Crippen LogP contribution in [-0.4, -0.2) is 35.3 Å². The lowest BCUT2D eigenvalue weighted by Crippen LogP contribution is -2.22. The summed E-state index contributed by atoms with van der Waals surface area (Å²) in [7, 11) is 0. The third-order valence-electron chi connectivity index (χ3n) is 3.86. The molecule has 2 heterocycles. The van der Waals surface area contributed by atoms with Gasteiger partial charge >= 0.3 is 11.9 Å². The molecule has 28 heavy (non-hydrogen) atoms. The Balaban J connectivity index is 2.61. The predicted molar refractivity (Wildman–Crippen MR) is 107 cm³/mol. The van der Waals surface area contributed by atoms with Gasteiger partial charge < -0.3 is 13.9 Å². The zero-order chi connectivity index (χ0) is 21.3. The molecule has 0 saturated heterocycles. The van der Waals surface area contributed by atoms with Crippen LogP contribution in [0.25, 0.3) is 5.52 Å². The molecule has 2 aromatic rings. The maximum Gasteiger partial charge on any atom is 0.341 e. The zero-order valence-electron chi connectivity index (χ0n) is 17.7. The largest absolute Gasteiger partial charge is 0.461 e. The van der Waals surface area contributed by atoms with Crippen molar-refractivity contribution in [2.24, 2.45) is 10.8 Å². The number of fused-ring (bicyclic) bond motifs is 1. The Bertz CT molecular complexity index is 909. The number of rotatable bonds is 5. The molecule has 0 aromatic carbocycles. The molecule has 2 rings (SSSR count). The molecule has 0 saturated carbocycles. The zero-order valence-corrected chi connectivity index (χ0v) is 17.7. The highest BCUT2D eigenvalue weighted by molar-refractivity contribution is 6.15. The highest BCUT2D eigenvalue weighted by atomic mass is 16.5. The summed E-state index contributed by atoms with van der Waals surface area (Å²) in [6, 6.07) is 5.15. The average Bonchev–Trinajstić information content (AvgIpc) is 2.91. The lowest BCUT2D eigenvalue weighted by atomic mass is 9.98. The lowest BCUT2D eigenvalue weighted by molar-refractivity contribution is 0.0324. The first kappa shape index (κ1) is 21.7. The topological polar surface area (TPSA) is 74.1 Å². The van der Waals surface area contributed by atoms with E-state index in [2.05, 4.69) is 0 Å². The summed E-state index contributed by atoms with van der Waals surface area (Å²) in [6.45, 7) is 13.3. The van der Waals surface area contributed by atoms with Crippen LogP contribution >= 0.6 is 0 Å². The summed E-state index contributed by atoms with van der Waals surface area (Å²) in [4.78, 5) is 38.2. The number of carbonyl (C=O) groups excluding carboxylic acids is 3. The molecular formula is C22H29NO5. The molecule has 0 amide bonds. The van der Waals surface area contributed by atoms with Crippen molar-refractivity contribution >= 4 is 23.2 Å². The van der Waals surface area contributed by atoms with Gasteiger partial charge in [-0.05, 0) is 23.0 Å². The van der Waals surface area contributed by atoms with Gasteiger partial charge in [-0.2, -0.15) is 0 Å². The molecule has 152 valence electrons. The monoisotopic (exact) mass is 387 g/mol. The Kier molecular flexibility index (Phi) is 6.02. The first-order chi connectivity index (χ1) is 12.8. The molecule has 0 spiro atoms. The predicted octanol–water partition coefficient (Wildman–Crippen LogP) is 4.55. The van der Waals surface area contributed by atoms with Crippen LogP contribution in [-0.2, 0) is 9.47 Å². The standard InChI is InChI=1S/C22H29NO5/c1-14(24)18-17(20(26)28-13-22(5,6)7)16(15-10-8-9-11-23(15)18)19(25)27-12-21(2,3)4/h8-11H,12-13H2,1-7H3. The molecule has 0 aliphatic rings. The summed E-state index contributed by atoms with van der Waals surface area (Å²) in [5.74, 6) is -1.68. The number of hydrogen-bond acceptors (Lipinski definition) is 5. The van der Waals surface area contributed by atoms with Crippen LogP contribution in [0.1, 0.15) is 79.7 Å². The van der Waals surface area contributed by atoms with E-state index in [9.17, 15) is 14.4 Å². The van der Waals surface area contributed by atoms with E-state index in [-0.39, 0.29) is 46.6 Å². The minimum absolute atomic E-state index is 0.0399. The SMILES string of the molecule is CC(=O)c1c(C(=O)OCC(C)(C)C)c(C(=O)OCC(C)(C)C)c2ccccn12. The minimum atomic E-state index is -0.702. The highest BCUT2D eigenvalue weighted by Gasteiger charge is 2.32. The molecule has 0 atom stereocenters. The summed E-state index contributed by atoms with van der Waals surface area (Å²) >= 11 is 0. The molecule has 0 aliphatic heterocycles. The maximum atomic E-state index is 12.9. The first-order valence-electron chi connectivity index (χ1n) is 9.30.